The monoisotopic (exact) mass is 323 g/mol. The average molecular weight is 323 g/mol. The van der Waals surface area contributed by atoms with Crippen LogP contribution in [-0.2, 0) is 11.3 Å². The summed E-state index contributed by atoms with van der Waals surface area (Å²) in [4.78, 5) is 14.1. The van der Waals surface area contributed by atoms with E-state index in [0.717, 1.165) is 48.9 Å². The van der Waals surface area contributed by atoms with Crippen molar-refractivity contribution >= 4 is 11.7 Å². The third-order valence-corrected chi connectivity index (χ3v) is 4.98. The van der Waals surface area contributed by atoms with Crippen molar-refractivity contribution in [3.63, 3.8) is 0 Å². The number of amides is 1. The van der Waals surface area contributed by atoms with Gasteiger partial charge in [0, 0.05) is 6.54 Å². The predicted molar refractivity (Wildman–Crippen MR) is 97.5 cm³/mol. The molecule has 24 heavy (non-hydrogen) atoms. The van der Waals surface area contributed by atoms with Crippen molar-refractivity contribution in [1.82, 2.24) is 4.90 Å². The van der Waals surface area contributed by atoms with E-state index in [1.807, 2.05) is 17.1 Å². The first-order valence-corrected chi connectivity index (χ1v) is 8.68. The molecule has 1 aliphatic carbocycles. The van der Waals surface area contributed by atoms with Gasteiger partial charge in [0.05, 0.1) is 6.54 Å². The number of carbonyl (C=O) groups excluding carboxylic acids is 1. The van der Waals surface area contributed by atoms with Crippen LogP contribution in [0, 0.1) is 0 Å². The molecule has 3 rings (SSSR count). The van der Waals surface area contributed by atoms with Crippen LogP contribution < -0.4 is 0 Å². The Kier molecular flexibility index (Phi) is 4.89. The summed E-state index contributed by atoms with van der Waals surface area (Å²) in [5.41, 5.74) is 3.03. The lowest BCUT2D eigenvalue weighted by Gasteiger charge is -2.30. The van der Waals surface area contributed by atoms with Crippen LogP contribution in [0.25, 0.3) is 5.57 Å². The van der Waals surface area contributed by atoms with Crippen molar-refractivity contribution in [2.24, 2.45) is 0 Å². The molecule has 0 N–H and O–H groups in total. The third-order valence-electron chi connectivity index (χ3n) is 4.98. The van der Waals surface area contributed by atoms with E-state index in [-0.39, 0.29) is 11.7 Å². The SMILES string of the molecule is C=C/C=C(\C=C)c1ccc(CN2CC3(CCCCC3)OC2=O)cc1. The summed E-state index contributed by atoms with van der Waals surface area (Å²) in [5, 5.41) is 0. The van der Waals surface area contributed by atoms with Gasteiger partial charge in [0.25, 0.3) is 0 Å². The number of hydrogen-bond donors (Lipinski definition) is 0. The van der Waals surface area contributed by atoms with Crippen LogP contribution in [0.3, 0.4) is 0 Å². The minimum atomic E-state index is -0.224. The Morgan fingerprint density at radius 1 is 1.17 bits per heavy atom. The second-order valence-electron chi connectivity index (χ2n) is 6.73. The highest BCUT2D eigenvalue weighted by atomic mass is 16.6. The lowest BCUT2D eigenvalue weighted by atomic mass is 9.85. The predicted octanol–water partition coefficient (Wildman–Crippen LogP) is 5.10. The zero-order chi connectivity index (χ0) is 17.0. The summed E-state index contributed by atoms with van der Waals surface area (Å²) in [6.07, 6.45) is 10.9. The number of rotatable bonds is 5. The van der Waals surface area contributed by atoms with E-state index in [4.69, 9.17) is 4.74 Å². The summed E-state index contributed by atoms with van der Waals surface area (Å²) in [5.74, 6) is 0. The molecule has 3 nitrogen and oxygen atoms in total. The van der Waals surface area contributed by atoms with E-state index < -0.39 is 0 Å². The van der Waals surface area contributed by atoms with Crippen molar-refractivity contribution in [3.05, 3.63) is 66.8 Å². The Morgan fingerprint density at radius 3 is 2.50 bits per heavy atom. The molecule has 0 bridgehead atoms. The fourth-order valence-electron chi connectivity index (χ4n) is 3.70. The van der Waals surface area contributed by atoms with Crippen LogP contribution in [0.5, 0.6) is 0 Å². The Labute approximate surface area is 144 Å². The first kappa shape index (κ1) is 16.6. The van der Waals surface area contributed by atoms with Crippen LogP contribution in [0.2, 0.25) is 0 Å². The first-order chi connectivity index (χ1) is 11.7. The standard InChI is InChI=1S/C21H25NO2/c1-3-8-18(4-2)19-11-9-17(10-12-19)15-22-16-21(24-20(22)23)13-6-5-7-14-21/h3-4,8-12H,1-2,5-7,13-16H2/b18-8+. The summed E-state index contributed by atoms with van der Waals surface area (Å²) in [7, 11) is 0. The molecule has 126 valence electrons. The van der Waals surface area contributed by atoms with Crippen molar-refractivity contribution in [2.75, 3.05) is 6.54 Å². The Bertz CT molecular complexity index is 651. The second-order valence-corrected chi connectivity index (χ2v) is 6.73. The lowest BCUT2D eigenvalue weighted by Crippen LogP contribution is -2.36. The van der Waals surface area contributed by atoms with Crippen molar-refractivity contribution in [1.29, 1.82) is 0 Å². The van der Waals surface area contributed by atoms with Crippen LogP contribution in [0.15, 0.2) is 55.7 Å². The molecule has 1 saturated carbocycles. The van der Waals surface area contributed by atoms with Gasteiger partial charge < -0.3 is 4.74 Å². The topological polar surface area (TPSA) is 29.5 Å². The van der Waals surface area contributed by atoms with Crippen LogP contribution in [-0.4, -0.2) is 23.1 Å². The molecule has 0 radical (unpaired) electrons. The maximum atomic E-state index is 12.2. The molecule has 1 aliphatic heterocycles. The zero-order valence-corrected chi connectivity index (χ0v) is 14.2. The molecular weight excluding hydrogens is 298 g/mol. The molecule has 0 aromatic heterocycles. The highest BCUT2D eigenvalue weighted by Gasteiger charge is 2.45. The maximum Gasteiger partial charge on any atom is 0.410 e. The molecular formula is C21H25NO2. The maximum absolute atomic E-state index is 12.2. The molecule has 1 aromatic rings. The number of carbonyl (C=O) groups is 1. The van der Waals surface area contributed by atoms with Crippen molar-refractivity contribution in [3.8, 4) is 0 Å². The molecule has 2 fully saturated rings. The van der Waals surface area contributed by atoms with E-state index >= 15 is 0 Å². The van der Waals surface area contributed by atoms with Gasteiger partial charge in [-0.25, -0.2) is 4.79 Å². The summed E-state index contributed by atoms with van der Waals surface area (Å²) < 4.78 is 5.74. The minimum absolute atomic E-state index is 0.167. The van der Waals surface area contributed by atoms with E-state index in [9.17, 15) is 4.79 Å². The largest absolute Gasteiger partial charge is 0.441 e. The summed E-state index contributed by atoms with van der Waals surface area (Å²) in [6, 6.07) is 8.25. The van der Waals surface area contributed by atoms with Gasteiger partial charge >= 0.3 is 6.09 Å². The number of benzene rings is 1. The quantitative estimate of drug-likeness (QED) is 0.706. The Balaban J connectivity index is 1.68. The smallest absolute Gasteiger partial charge is 0.410 e. The minimum Gasteiger partial charge on any atom is -0.441 e. The van der Waals surface area contributed by atoms with Gasteiger partial charge in [0.2, 0.25) is 0 Å². The van der Waals surface area contributed by atoms with Gasteiger partial charge in [-0.15, -0.1) is 0 Å². The molecule has 1 amide bonds. The van der Waals surface area contributed by atoms with Gasteiger partial charge in [0.1, 0.15) is 5.60 Å². The van der Waals surface area contributed by atoms with Gasteiger partial charge in [0.15, 0.2) is 0 Å². The van der Waals surface area contributed by atoms with Gasteiger partial charge in [-0.1, -0.05) is 62.1 Å². The van der Waals surface area contributed by atoms with Gasteiger partial charge in [-0.2, -0.15) is 0 Å². The molecule has 2 aliphatic rings. The van der Waals surface area contributed by atoms with Gasteiger partial charge in [-0.05, 0) is 42.4 Å². The summed E-state index contributed by atoms with van der Waals surface area (Å²) >= 11 is 0. The normalized spacial score (nSPS) is 20.1. The molecule has 1 saturated heterocycles. The summed E-state index contributed by atoms with van der Waals surface area (Å²) in [6.45, 7) is 8.89. The molecule has 3 heteroatoms. The van der Waals surface area contributed by atoms with Crippen molar-refractivity contribution in [2.45, 2.75) is 44.2 Å². The number of allylic oxidation sites excluding steroid dienone is 4. The third kappa shape index (κ3) is 3.45. The number of ether oxygens (including phenoxy) is 1. The Morgan fingerprint density at radius 2 is 1.88 bits per heavy atom. The molecule has 0 unspecified atom stereocenters. The number of hydrogen-bond acceptors (Lipinski definition) is 2. The van der Waals surface area contributed by atoms with E-state index in [1.54, 1.807) is 6.08 Å². The number of nitrogens with zero attached hydrogens (tertiary/aromatic N) is 1. The highest BCUT2D eigenvalue weighted by molar-refractivity contribution is 5.75. The zero-order valence-electron chi connectivity index (χ0n) is 14.2. The average Bonchev–Trinajstić information content (AvgIpc) is 2.89. The van der Waals surface area contributed by atoms with Crippen LogP contribution in [0.1, 0.15) is 43.2 Å². The fourth-order valence-corrected chi connectivity index (χ4v) is 3.70. The highest BCUT2D eigenvalue weighted by Crippen LogP contribution is 2.37. The van der Waals surface area contributed by atoms with Gasteiger partial charge in [-0.3, -0.25) is 4.90 Å². The van der Waals surface area contributed by atoms with E-state index in [1.165, 1.54) is 6.42 Å². The van der Waals surface area contributed by atoms with Crippen LogP contribution in [0.4, 0.5) is 4.79 Å². The molecule has 1 spiro atoms. The fraction of sp³-hybridized carbons (Fsp3) is 0.381. The van der Waals surface area contributed by atoms with E-state index in [2.05, 4.69) is 37.4 Å². The Hall–Kier alpha value is -2.29. The lowest BCUT2D eigenvalue weighted by molar-refractivity contribution is 0.0260. The molecule has 1 heterocycles. The second kappa shape index (κ2) is 7.08. The van der Waals surface area contributed by atoms with E-state index in [0.29, 0.717) is 6.54 Å². The van der Waals surface area contributed by atoms with Crippen LogP contribution >= 0.6 is 0 Å². The molecule has 1 aromatic carbocycles. The van der Waals surface area contributed by atoms with Crippen molar-refractivity contribution < 1.29 is 9.53 Å². The molecule has 0 atom stereocenters. The first-order valence-electron chi connectivity index (χ1n) is 8.68.